The molecule has 0 saturated carbocycles. The first-order chi connectivity index (χ1) is 31.6. The summed E-state index contributed by atoms with van der Waals surface area (Å²) >= 11 is 1.80. The molecule has 0 amide bonds. The molecule has 0 bridgehead atoms. The Kier molecular flexibility index (Phi) is 8.69. The van der Waals surface area contributed by atoms with Gasteiger partial charge in [0.1, 0.15) is 0 Å². The van der Waals surface area contributed by atoms with Gasteiger partial charge in [-0.25, -0.2) is 15.0 Å². The van der Waals surface area contributed by atoms with Gasteiger partial charge in [-0.1, -0.05) is 169 Å². The summed E-state index contributed by atoms with van der Waals surface area (Å²) in [5, 5.41) is 21.8. The highest BCUT2D eigenvalue weighted by Crippen LogP contribution is 2.65. The number of hydrogen-bond acceptors (Lipinski definition) is 6. The average Bonchev–Trinajstić information content (AvgIpc) is 3.66. The minimum atomic E-state index is -0.774. The maximum absolute atomic E-state index is 9.75. The van der Waals surface area contributed by atoms with Crippen LogP contribution in [0.1, 0.15) is 33.4 Å². The first-order valence-corrected chi connectivity index (χ1v) is 21.9. The fraction of sp³-hybridized carbons (Fsp3) is 0.0172. The predicted molar refractivity (Wildman–Crippen MR) is 255 cm³/mol. The monoisotopic (exact) mass is 831 g/mol. The molecule has 0 fully saturated rings. The number of aromatic nitrogens is 3. The fourth-order valence-electron chi connectivity index (χ4n) is 9.81. The van der Waals surface area contributed by atoms with Crippen LogP contribution in [0.25, 0.3) is 78.3 Å². The minimum Gasteiger partial charge on any atom is -0.208 e. The molecule has 1 aromatic heterocycles. The van der Waals surface area contributed by atoms with Crippen molar-refractivity contribution in [3.8, 4) is 79.7 Å². The lowest BCUT2D eigenvalue weighted by atomic mass is 9.66. The van der Waals surface area contributed by atoms with Crippen molar-refractivity contribution in [2.45, 2.75) is 15.2 Å². The Bertz CT molecular complexity index is 3530. The lowest BCUT2D eigenvalue weighted by molar-refractivity contribution is 0.724. The van der Waals surface area contributed by atoms with E-state index in [2.05, 4.69) is 127 Å². The lowest BCUT2D eigenvalue weighted by Crippen LogP contribution is -2.32. The third-order valence-corrected chi connectivity index (χ3v) is 13.9. The van der Waals surface area contributed by atoms with Crippen LogP contribution in [0.5, 0.6) is 0 Å². The zero-order valence-corrected chi connectivity index (χ0v) is 35.0. The molecule has 10 aromatic rings. The molecular weight excluding hydrogens is 799 g/mol. The van der Waals surface area contributed by atoms with Crippen LogP contribution in [0.15, 0.2) is 210 Å². The van der Waals surface area contributed by atoms with Gasteiger partial charge in [0.25, 0.3) is 0 Å². The predicted octanol–water partition coefficient (Wildman–Crippen LogP) is 13.9. The Morgan fingerprint density at radius 1 is 0.375 bits per heavy atom. The van der Waals surface area contributed by atoms with Crippen molar-refractivity contribution in [1.29, 1.82) is 10.5 Å². The molecular formula is C58H33N5S. The third-order valence-electron chi connectivity index (χ3n) is 12.7. The molecule has 1 aliphatic heterocycles. The van der Waals surface area contributed by atoms with Crippen LogP contribution in [0.3, 0.4) is 0 Å². The van der Waals surface area contributed by atoms with Crippen LogP contribution < -0.4 is 0 Å². The quantitative estimate of drug-likeness (QED) is 0.172. The molecule has 6 heteroatoms. The minimum absolute atomic E-state index is 0.592. The van der Waals surface area contributed by atoms with Crippen molar-refractivity contribution in [3.63, 3.8) is 0 Å². The Balaban J connectivity index is 1.20. The molecule has 2 heterocycles. The van der Waals surface area contributed by atoms with E-state index in [-0.39, 0.29) is 0 Å². The highest BCUT2D eigenvalue weighted by atomic mass is 32.2. The molecule has 0 radical (unpaired) electrons. The van der Waals surface area contributed by atoms with E-state index in [4.69, 9.17) is 15.0 Å². The van der Waals surface area contributed by atoms with Crippen LogP contribution in [0, 0.1) is 22.7 Å². The van der Waals surface area contributed by atoms with Gasteiger partial charge in [0, 0.05) is 26.5 Å². The van der Waals surface area contributed by atoms with Gasteiger partial charge in [-0.05, 0) is 109 Å². The first-order valence-electron chi connectivity index (χ1n) is 21.1. The summed E-state index contributed by atoms with van der Waals surface area (Å²) in [6.45, 7) is 0. The molecule has 1 unspecified atom stereocenters. The van der Waals surface area contributed by atoms with Crippen molar-refractivity contribution in [2.24, 2.45) is 0 Å². The van der Waals surface area contributed by atoms with Gasteiger partial charge in [-0.3, -0.25) is 0 Å². The van der Waals surface area contributed by atoms with E-state index < -0.39 is 5.41 Å². The van der Waals surface area contributed by atoms with Gasteiger partial charge < -0.3 is 0 Å². The molecule has 1 spiro atoms. The Morgan fingerprint density at radius 3 is 1.55 bits per heavy atom. The van der Waals surface area contributed by atoms with Crippen molar-refractivity contribution in [1.82, 2.24) is 15.0 Å². The number of nitriles is 2. The van der Waals surface area contributed by atoms with E-state index in [9.17, 15) is 10.5 Å². The molecule has 0 N–H and O–H groups in total. The molecule has 64 heavy (non-hydrogen) atoms. The zero-order chi connectivity index (χ0) is 42.8. The van der Waals surface area contributed by atoms with Crippen molar-refractivity contribution in [2.75, 3.05) is 0 Å². The lowest BCUT2D eigenvalue weighted by Gasteiger charge is -2.40. The van der Waals surface area contributed by atoms with Crippen molar-refractivity contribution in [3.05, 3.63) is 234 Å². The average molecular weight is 832 g/mol. The normalized spacial score (nSPS) is 14.2. The number of benzene rings is 9. The van der Waals surface area contributed by atoms with Crippen LogP contribution in [0.4, 0.5) is 0 Å². The summed E-state index contributed by atoms with van der Waals surface area (Å²) in [6, 6.07) is 74.0. The molecule has 5 nitrogen and oxygen atoms in total. The highest BCUT2D eigenvalue weighted by Gasteiger charge is 2.51. The maximum atomic E-state index is 9.75. The van der Waals surface area contributed by atoms with E-state index in [1.165, 1.54) is 32.0 Å². The van der Waals surface area contributed by atoms with E-state index in [0.717, 1.165) is 60.8 Å². The summed E-state index contributed by atoms with van der Waals surface area (Å²) < 4.78 is 0. The van der Waals surface area contributed by atoms with Crippen LogP contribution in [-0.2, 0) is 5.41 Å². The van der Waals surface area contributed by atoms with E-state index in [1.54, 1.807) is 11.8 Å². The molecule has 296 valence electrons. The zero-order valence-electron chi connectivity index (χ0n) is 34.2. The van der Waals surface area contributed by atoms with Gasteiger partial charge in [-0.15, -0.1) is 0 Å². The largest absolute Gasteiger partial charge is 0.208 e. The second kappa shape index (κ2) is 14.9. The van der Waals surface area contributed by atoms with Gasteiger partial charge in [0.15, 0.2) is 17.5 Å². The SMILES string of the molecule is N#Cc1ccc(-c2cccc3c2Sc2ccccc2C32c3cc(-c4nc(-c5ccccc5)nc(-c5ccccc5)n4)ccc3-c3c2cc(-c2ccc(C#N)cc2)c2ccccc32)cc1. The van der Waals surface area contributed by atoms with Crippen LogP contribution in [-0.4, -0.2) is 15.0 Å². The summed E-state index contributed by atoms with van der Waals surface area (Å²) in [4.78, 5) is 17.8. The number of nitrogens with zero attached hydrogens (tertiary/aromatic N) is 5. The van der Waals surface area contributed by atoms with Gasteiger partial charge in [0.05, 0.1) is 28.7 Å². The smallest absolute Gasteiger partial charge is 0.164 e. The fourth-order valence-corrected chi connectivity index (χ4v) is 11.1. The number of rotatable bonds is 5. The summed E-state index contributed by atoms with van der Waals surface area (Å²) in [7, 11) is 0. The van der Waals surface area contributed by atoms with Crippen LogP contribution >= 0.6 is 11.8 Å². The van der Waals surface area contributed by atoms with Gasteiger partial charge >= 0.3 is 0 Å². The van der Waals surface area contributed by atoms with E-state index in [1.807, 2.05) is 84.9 Å². The molecule has 1 atom stereocenters. The topological polar surface area (TPSA) is 86.2 Å². The number of hydrogen-bond donors (Lipinski definition) is 0. The van der Waals surface area contributed by atoms with Gasteiger partial charge in [0.2, 0.25) is 0 Å². The number of fused-ring (bicyclic) bond motifs is 11. The Labute approximate surface area is 374 Å². The summed E-state index contributed by atoms with van der Waals surface area (Å²) in [5.74, 6) is 1.81. The standard InChI is InChI=1S/C58H33N5S/c59-34-36-22-26-38(27-23-36)43-18-11-20-49-54(43)64-52-21-10-9-19-48(52)58(49)50-32-42(57-62-55(40-12-3-1-4-13-40)61-56(63-57)41-14-5-2-6-15-41)30-31-46(50)53-45-17-8-7-16-44(45)47(33-51(53)58)39-28-24-37(35-60)25-29-39/h1-33H. The van der Waals surface area contributed by atoms with Crippen molar-refractivity contribution < 1.29 is 0 Å². The van der Waals surface area contributed by atoms with E-state index >= 15 is 0 Å². The molecule has 2 aliphatic rings. The maximum Gasteiger partial charge on any atom is 0.164 e. The second-order valence-corrected chi connectivity index (χ2v) is 17.2. The molecule has 12 rings (SSSR count). The first kappa shape index (κ1) is 37.4. The van der Waals surface area contributed by atoms with Crippen LogP contribution in [0.2, 0.25) is 0 Å². The van der Waals surface area contributed by atoms with Crippen molar-refractivity contribution >= 4 is 22.5 Å². The molecule has 9 aromatic carbocycles. The Hall–Kier alpha value is -8.42. The molecule has 0 saturated heterocycles. The summed E-state index contributed by atoms with van der Waals surface area (Å²) in [6.07, 6.45) is 0. The van der Waals surface area contributed by atoms with Gasteiger partial charge in [-0.2, -0.15) is 10.5 Å². The highest BCUT2D eigenvalue weighted by molar-refractivity contribution is 7.99. The summed E-state index contributed by atoms with van der Waals surface area (Å²) in [5.41, 5.74) is 14.6. The van der Waals surface area contributed by atoms with E-state index in [0.29, 0.717) is 28.6 Å². The third kappa shape index (κ3) is 5.74. The second-order valence-electron chi connectivity index (χ2n) is 16.1. The Morgan fingerprint density at radius 2 is 0.906 bits per heavy atom. The molecule has 1 aliphatic carbocycles.